The molecule has 0 aliphatic heterocycles. The fourth-order valence-electron chi connectivity index (χ4n) is 1.84. The third-order valence-electron chi connectivity index (χ3n) is 2.89. The highest BCUT2D eigenvalue weighted by Crippen LogP contribution is 2.17. The lowest BCUT2D eigenvalue weighted by atomic mass is 10.2. The molecule has 0 saturated heterocycles. The highest BCUT2D eigenvalue weighted by molar-refractivity contribution is 7.89. The molecule has 0 fully saturated rings. The van der Waals surface area contributed by atoms with E-state index in [2.05, 4.69) is 4.72 Å². The average Bonchev–Trinajstić information content (AvgIpc) is 2.39. The topological polar surface area (TPSA) is 46.2 Å². The Kier molecular flexibility index (Phi) is 4.34. The van der Waals surface area contributed by atoms with Crippen LogP contribution in [-0.2, 0) is 16.6 Å². The number of hydrogen-bond acceptors (Lipinski definition) is 2. The number of rotatable bonds is 4. The van der Waals surface area contributed by atoms with Crippen LogP contribution in [0.25, 0.3) is 0 Å². The largest absolute Gasteiger partial charge is 0.241 e. The predicted octanol–water partition coefficient (Wildman–Crippen LogP) is 2.89. The molecule has 1 N–H and O–H groups in total. The number of hydrogen-bond donors (Lipinski definition) is 1. The van der Waals surface area contributed by atoms with Crippen LogP contribution in [0.1, 0.15) is 11.1 Å². The maximum atomic E-state index is 13.4. The zero-order valence-corrected chi connectivity index (χ0v) is 11.8. The zero-order chi connectivity index (χ0) is 15.6. The fourth-order valence-corrected chi connectivity index (χ4v) is 3.07. The number of nitrogens with one attached hydrogen (secondary N) is 1. The fraction of sp³-hybridized carbons (Fsp3) is 0.143. The molecule has 3 nitrogen and oxygen atoms in total. The first kappa shape index (κ1) is 15.5. The molecular weight excluding hydrogens is 303 g/mol. The summed E-state index contributed by atoms with van der Waals surface area (Å²) in [5.41, 5.74) is 0.112. The molecule has 0 unspecified atom stereocenters. The molecule has 2 aromatic rings. The van der Waals surface area contributed by atoms with Crippen LogP contribution in [0.4, 0.5) is 13.2 Å². The molecular formula is C14H12F3NO2S. The summed E-state index contributed by atoms with van der Waals surface area (Å²) in [6.45, 7) is 1.04. The summed E-state index contributed by atoms with van der Waals surface area (Å²) in [6, 6.07) is 5.99. The van der Waals surface area contributed by atoms with Crippen molar-refractivity contribution in [2.24, 2.45) is 0 Å². The molecule has 21 heavy (non-hydrogen) atoms. The van der Waals surface area contributed by atoms with Crippen LogP contribution >= 0.6 is 0 Å². The van der Waals surface area contributed by atoms with Crippen molar-refractivity contribution in [1.29, 1.82) is 0 Å². The summed E-state index contributed by atoms with van der Waals surface area (Å²) in [5.74, 6) is -1.93. The molecule has 112 valence electrons. The van der Waals surface area contributed by atoms with Gasteiger partial charge in [0.1, 0.15) is 17.5 Å². The Morgan fingerprint density at radius 1 is 1.00 bits per heavy atom. The van der Waals surface area contributed by atoms with Gasteiger partial charge in [-0.2, -0.15) is 0 Å². The number of aryl methyl sites for hydroxylation is 1. The van der Waals surface area contributed by atoms with Crippen LogP contribution in [0, 0.1) is 24.4 Å². The van der Waals surface area contributed by atoms with Crippen molar-refractivity contribution < 1.29 is 21.6 Å². The van der Waals surface area contributed by atoms with E-state index in [1.165, 1.54) is 6.92 Å². The van der Waals surface area contributed by atoms with Gasteiger partial charge in [0.15, 0.2) is 0 Å². The normalized spacial score (nSPS) is 11.6. The van der Waals surface area contributed by atoms with Gasteiger partial charge in [-0.25, -0.2) is 26.3 Å². The second-order valence-electron chi connectivity index (χ2n) is 4.47. The van der Waals surface area contributed by atoms with E-state index >= 15 is 0 Å². The Morgan fingerprint density at radius 2 is 1.62 bits per heavy atom. The van der Waals surface area contributed by atoms with Gasteiger partial charge in [0.2, 0.25) is 10.0 Å². The third kappa shape index (κ3) is 3.62. The van der Waals surface area contributed by atoms with Crippen LogP contribution < -0.4 is 4.72 Å². The zero-order valence-electron chi connectivity index (χ0n) is 11.0. The lowest BCUT2D eigenvalue weighted by molar-refractivity contribution is 0.566. The monoisotopic (exact) mass is 315 g/mol. The van der Waals surface area contributed by atoms with Gasteiger partial charge in [-0.3, -0.25) is 0 Å². The van der Waals surface area contributed by atoms with Gasteiger partial charge in [-0.1, -0.05) is 0 Å². The lowest BCUT2D eigenvalue weighted by Crippen LogP contribution is -2.24. The second kappa shape index (κ2) is 5.87. The molecule has 0 bridgehead atoms. The smallest absolute Gasteiger partial charge is 0.207 e. The maximum Gasteiger partial charge on any atom is 0.241 e. The first-order valence-corrected chi connectivity index (χ1v) is 7.47. The second-order valence-corrected chi connectivity index (χ2v) is 6.21. The summed E-state index contributed by atoms with van der Waals surface area (Å²) in [6.07, 6.45) is 0. The van der Waals surface area contributed by atoms with Crippen LogP contribution in [-0.4, -0.2) is 8.42 Å². The molecule has 2 aromatic carbocycles. The van der Waals surface area contributed by atoms with E-state index in [0.29, 0.717) is 0 Å². The van der Waals surface area contributed by atoms with Gasteiger partial charge >= 0.3 is 0 Å². The van der Waals surface area contributed by atoms with E-state index in [-0.39, 0.29) is 16.0 Å². The molecule has 0 atom stereocenters. The van der Waals surface area contributed by atoms with Gasteiger partial charge in [-0.05, 0) is 48.9 Å². The highest BCUT2D eigenvalue weighted by atomic mass is 32.2. The Hall–Kier alpha value is -1.86. The minimum Gasteiger partial charge on any atom is -0.207 e. The summed E-state index contributed by atoms with van der Waals surface area (Å²) in [5, 5.41) is 0. The molecule has 7 heteroatoms. The summed E-state index contributed by atoms with van der Waals surface area (Å²) >= 11 is 0. The van der Waals surface area contributed by atoms with Crippen molar-refractivity contribution in [3.05, 3.63) is 65.0 Å². The summed E-state index contributed by atoms with van der Waals surface area (Å²) in [4.78, 5) is -0.110. The number of sulfonamides is 1. The molecule has 0 heterocycles. The van der Waals surface area contributed by atoms with Crippen molar-refractivity contribution in [3.8, 4) is 0 Å². The van der Waals surface area contributed by atoms with Gasteiger partial charge in [0, 0.05) is 12.1 Å². The average molecular weight is 315 g/mol. The van der Waals surface area contributed by atoms with Gasteiger partial charge in [0.05, 0.1) is 4.90 Å². The molecule has 0 amide bonds. The van der Waals surface area contributed by atoms with Gasteiger partial charge < -0.3 is 0 Å². The van der Waals surface area contributed by atoms with Gasteiger partial charge in [0.25, 0.3) is 0 Å². The van der Waals surface area contributed by atoms with Crippen LogP contribution in [0.2, 0.25) is 0 Å². The molecule has 0 radical (unpaired) electrons. The van der Waals surface area contributed by atoms with E-state index in [4.69, 9.17) is 0 Å². The first-order valence-electron chi connectivity index (χ1n) is 5.99. The third-order valence-corrected chi connectivity index (χ3v) is 4.45. The minimum atomic E-state index is -3.94. The van der Waals surface area contributed by atoms with Crippen molar-refractivity contribution in [3.63, 3.8) is 0 Å². The van der Waals surface area contributed by atoms with Crippen LogP contribution in [0.3, 0.4) is 0 Å². The molecule has 0 aliphatic carbocycles. The Balaban J connectivity index is 2.24. The Labute approximate surface area is 120 Å². The molecule has 0 aliphatic rings. The predicted molar refractivity (Wildman–Crippen MR) is 71.5 cm³/mol. The van der Waals surface area contributed by atoms with Crippen molar-refractivity contribution in [2.75, 3.05) is 0 Å². The van der Waals surface area contributed by atoms with Crippen molar-refractivity contribution in [2.45, 2.75) is 18.4 Å². The molecule has 0 spiro atoms. The highest BCUT2D eigenvalue weighted by Gasteiger charge is 2.17. The van der Waals surface area contributed by atoms with E-state index in [9.17, 15) is 21.6 Å². The standard InChI is InChI=1S/C14H12F3NO2S/c1-9-6-11(15)3-5-14(9)21(19,20)18-8-10-7-12(16)2-4-13(10)17/h2-7,18H,8H2,1H3. The lowest BCUT2D eigenvalue weighted by Gasteiger charge is -2.10. The summed E-state index contributed by atoms with van der Waals surface area (Å²) in [7, 11) is -3.94. The minimum absolute atomic E-state index is 0.110. The SMILES string of the molecule is Cc1cc(F)ccc1S(=O)(=O)NCc1cc(F)ccc1F. The Morgan fingerprint density at radius 3 is 2.29 bits per heavy atom. The van der Waals surface area contributed by atoms with E-state index < -0.39 is 34.0 Å². The number of benzene rings is 2. The maximum absolute atomic E-state index is 13.4. The van der Waals surface area contributed by atoms with E-state index in [0.717, 1.165) is 36.4 Å². The first-order chi connectivity index (χ1) is 9.79. The molecule has 0 aromatic heterocycles. The van der Waals surface area contributed by atoms with E-state index in [1.807, 2.05) is 0 Å². The summed E-state index contributed by atoms with van der Waals surface area (Å²) < 4.78 is 65.7. The molecule has 2 rings (SSSR count). The van der Waals surface area contributed by atoms with Crippen LogP contribution in [0.5, 0.6) is 0 Å². The number of halogens is 3. The van der Waals surface area contributed by atoms with Crippen molar-refractivity contribution >= 4 is 10.0 Å². The quantitative estimate of drug-likeness (QED) is 0.943. The van der Waals surface area contributed by atoms with Crippen LogP contribution in [0.15, 0.2) is 41.3 Å². The molecule has 0 saturated carbocycles. The van der Waals surface area contributed by atoms with Gasteiger partial charge in [-0.15, -0.1) is 0 Å². The van der Waals surface area contributed by atoms with E-state index in [1.54, 1.807) is 0 Å². The Bertz CT molecular complexity index is 776. The van der Waals surface area contributed by atoms with Crippen molar-refractivity contribution in [1.82, 2.24) is 4.72 Å².